The zero-order chi connectivity index (χ0) is 9.03. The molecule has 0 spiro atoms. The Morgan fingerprint density at radius 3 is 2.50 bits per heavy atom. The van der Waals surface area contributed by atoms with E-state index in [0.717, 1.165) is 26.3 Å². The Bertz CT molecular complexity index is 130. The predicted octanol–water partition coefficient (Wildman–Crippen LogP) is -0.327. The van der Waals surface area contributed by atoms with Crippen LogP contribution in [0.5, 0.6) is 0 Å². The summed E-state index contributed by atoms with van der Waals surface area (Å²) in [5, 5.41) is 9.13. The molecule has 1 aliphatic rings. The number of nitrogens with zero attached hydrogens (tertiary/aromatic N) is 1. The van der Waals surface area contributed by atoms with Gasteiger partial charge in [-0.05, 0) is 6.92 Å². The molecule has 0 aromatic heterocycles. The molecule has 1 unspecified atom stereocenters. The lowest BCUT2D eigenvalue weighted by atomic mass is 10.2. The molecule has 0 amide bonds. The van der Waals surface area contributed by atoms with Crippen LogP contribution in [0.25, 0.3) is 0 Å². The highest BCUT2D eigenvalue weighted by Gasteiger charge is 2.31. The second-order valence-electron chi connectivity index (χ2n) is 3.14. The average Bonchev–Trinajstić information content (AvgIpc) is 2.18. The normalized spacial score (nSPS) is 25.2. The van der Waals surface area contributed by atoms with E-state index >= 15 is 0 Å². The second-order valence-corrected chi connectivity index (χ2v) is 3.14. The summed E-state index contributed by atoms with van der Waals surface area (Å²) in [4.78, 5) is 2.09. The van der Waals surface area contributed by atoms with E-state index in [9.17, 15) is 0 Å². The summed E-state index contributed by atoms with van der Waals surface area (Å²) < 4.78 is 10.5. The van der Waals surface area contributed by atoms with Gasteiger partial charge in [-0.1, -0.05) is 0 Å². The molecule has 1 saturated heterocycles. The molecule has 1 rings (SSSR count). The minimum atomic E-state index is -0.538. The third-order valence-electron chi connectivity index (χ3n) is 2.41. The number of methoxy groups -OCH3 is 1. The molecule has 0 aromatic carbocycles. The molecule has 0 radical (unpaired) electrons. The highest BCUT2D eigenvalue weighted by molar-refractivity contribution is 4.77. The summed E-state index contributed by atoms with van der Waals surface area (Å²) in [7, 11) is 1.62. The van der Waals surface area contributed by atoms with Crippen molar-refractivity contribution in [3.8, 4) is 0 Å². The summed E-state index contributed by atoms with van der Waals surface area (Å²) in [6, 6.07) is 0. The van der Waals surface area contributed by atoms with Crippen LogP contribution >= 0.6 is 0 Å². The van der Waals surface area contributed by atoms with Gasteiger partial charge in [0, 0.05) is 20.2 Å². The lowest BCUT2D eigenvalue weighted by Crippen LogP contribution is -2.55. The molecular weight excluding hydrogens is 158 g/mol. The van der Waals surface area contributed by atoms with Crippen LogP contribution in [0.2, 0.25) is 0 Å². The first kappa shape index (κ1) is 9.92. The highest BCUT2D eigenvalue weighted by atomic mass is 16.5. The van der Waals surface area contributed by atoms with Crippen LogP contribution in [-0.2, 0) is 9.47 Å². The van der Waals surface area contributed by atoms with Crippen molar-refractivity contribution in [3.63, 3.8) is 0 Å². The molecule has 1 aliphatic heterocycles. The van der Waals surface area contributed by atoms with Crippen LogP contribution in [0.1, 0.15) is 6.92 Å². The Balaban J connectivity index is 2.51. The molecule has 4 nitrogen and oxygen atoms in total. The fourth-order valence-electron chi connectivity index (χ4n) is 1.33. The molecule has 12 heavy (non-hydrogen) atoms. The summed E-state index contributed by atoms with van der Waals surface area (Å²) in [5.74, 6) is 0. The molecule has 1 atom stereocenters. The van der Waals surface area contributed by atoms with Gasteiger partial charge in [-0.2, -0.15) is 0 Å². The van der Waals surface area contributed by atoms with E-state index in [2.05, 4.69) is 4.90 Å². The molecule has 4 heteroatoms. The molecule has 1 N–H and O–H groups in total. The van der Waals surface area contributed by atoms with Crippen LogP contribution in [-0.4, -0.2) is 55.8 Å². The van der Waals surface area contributed by atoms with Crippen LogP contribution in [0.4, 0.5) is 0 Å². The number of aliphatic hydroxyl groups is 1. The van der Waals surface area contributed by atoms with Gasteiger partial charge >= 0.3 is 0 Å². The van der Waals surface area contributed by atoms with Crippen molar-refractivity contribution < 1.29 is 14.6 Å². The van der Waals surface area contributed by atoms with Gasteiger partial charge in [-0.25, -0.2) is 0 Å². The van der Waals surface area contributed by atoms with Gasteiger partial charge in [-0.15, -0.1) is 0 Å². The number of aliphatic hydroxyl groups excluding tert-OH is 1. The summed E-state index contributed by atoms with van der Waals surface area (Å²) in [5.41, 5.74) is -0.538. The number of ether oxygens (including phenoxy) is 2. The van der Waals surface area contributed by atoms with E-state index in [-0.39, 0.29) is 6.61 Å². The number of hydrogen-bond donors (Lipinski definition) is 1. The summed E-state index contributed by atoms with van der Waals surface area (Å²) in [6.07, 6.45) is 0. The fourth-order valence-corrected chi connectivity index (χ4v) is 1.33. The minimum absolute atomic E-state index is 0.0174. The lowest BCUT2D eigenvalue weighted by molar-refractivity contribution is -0.171. The van der Waals surface area contributed by atoms with E-state index in [4.69, 9.17) is 14.6 Å². The van der Waals surface area contributed by atoms with E-state index in [1.54, 1.807) is 7.11 Å². The molecule has 1 heterocycles. The van der Waals surface area contributed by atoms with Crippen molar-refractivity contribution in [1.82, 2.24) is 4.90 Å². The van der Waals surface area contributed by atoms with Crippen LogP contribution in [0.15, 0.2) is 0 Å². The first-order chi connectivity index (χ1) is 5.73. The monoisotopic (exact) mass is 175 g/mol. The van der Waals surface area contributed by atoms with Crippen molar-refractivity contribution >= 4 is 0 Å². The zero-order valence-corrected chi connectivity index (χ0v) is 7.75. The molecule has 72 valence electrons. The number of hydrogen-bond acceptors (Lipinski definition) is 4. The van der Waals surface area contributed by atoms with E-state index in [1.165, 1.54) is 0 Å². The van der Waals surface area contributed by atoms with Crippen molar-refractivity contribution in [2.75, 3.05) is 40.0 Å². The Morgan fingerprint density at radius 1 is 1.50 bits per heavy atom. The zero-order valence-electron chi connectivity index (χ0n) is 7.75. The number of rotatable bonds is 3. The van der Waals surface area contributed by atoms with E-state index in [0.29, 0.717) is 0 Å². The summed E-state index contributed by atoms with van der Waals surface area (Å²) in [6.45, 7) is 5.00. The Kier molecular flexibility index (Phi) is 3.46. The van der Waals surface area contributed by atoms with Gasteiger partial charge < -0.3 is 14.6 Å². The molecule has 0 saturated carbocycles. The largest absolute Gasteiger partial charge is 0.392 e. The first-order valence-electron chi connectivity index (χ1n) is 4.22. The standard InChI is InChI=1S/C8H17NO3/c1-8(7-10,11-2)9-3-5-12-6-4-9/h10H,3-7H2,1-2H3. The quantitative estimate of drug-likeness (QED) is 0.638. The maximum absolute atomic E-state index is 9.13. The molecule has 1 fully saturated rings. The SMILES string of the molecule is COC(C)(CO)N1CCOCC1. The molecule has 0 aliphatic carbocycles. The summed E-state index contributed by atoms with van der Waals surface area (Å²) >= 11 is 0. The van der Waals surface area contributed by atoms with Crippen molar-refractivity contribution in [2.24, 2.45) is 0 Å². The topological polar surface area (TPSA) is 41.9 Å². The maximum Gasteiger partial charge on any atom is 0.141 e. The van der Waals surface area contributed by atoms with Crippen molar-refractivity contribution in [2.45, 2.75) is 12.6 Å². The van der Waals surface area contributed by atoms with E-state index < -0.39 is 5.72 Å². The average molecular weight is 175 g/mol. The smallest absolute Gasteiger partial charge is 0.141 e. The van der Waals surface area contributed by atoms with Gasteiger partial charge in [0.2, 0.25) is 0 Å². The Morgan fingerprint density at radius 2 is 2.08 bits per heavy atom. The predicted molar refractivity (Wildman–Crippen MR) is 44.9 cm³/mol. The van der Waals surface area contributed by atoms with Gasteiger partial charge in [0.05, 0.1) is 19.8 Å². The van der Waals surface area contributed by atoms with Crippen LogP contribution in [0.3, 0.4) is 0 Å². The third-order valence-corrected chi connectivity index (χ3v) is 2.41. The molecule has 0 aromatic rings. The fraction of sp³-hybridized carbons (Fsp3) is 1.00. The van der Waals surface area contributed by atoms with Crippen molar-refractivity contribution in [1.29, 1.82) is 0 Å². The van der Waals surface area contributed by atoms with Crippen LogP contribution < -0.4 is 0 Å². The Hall–Kier alpha value is -0.160. The second kappa shape index (κ2) is 4.18. The maximum atomic E-state index is 9.13. The molecular formula is C8H17NO3. The molecule has 0 bridgehead atoms. The lowest BCUT2D eigenvalue weighted by Gasteiger charge is -2.40. The van der Waals surface area contributed by atoms with Gasteiger partial charge in [0.25, 0.3) is 0 Å². The first-order valence-corrected chi connectivity index (χ1v) is 4.22. The Labute approximate surface area is 73.1 Å². The van der Waals surface area contributed by atoms with Gasteiger partial charge in [0.15, 0.2) is 0 Å². The van der Waals surface area contributed by atoms with Crippen molar-refractivity contribution in [3.05, 3.63) is 0 Å². The van der Waals surface area contributed by atoms with Crippen LogP contribution in [0, 0.1) is 0 Å². The minimum Gasteiger partial charge on any atom is -0.392 e. The number of morpholine rings is 1. The van der Waals surface area contributed by atoms with Gasteiger partial charge in [-0.3, -0.25) is 4.90 Å². The van der Waals surface area contributed by atoms with Gasteiger partial charge in [0.1, 0.15) is 5.72 Å². The highest BCUT2D eigenvalue weighted by Crippen LogP contribution is 2.16. The van der Waals surface area contributed by atoms with E-state index in [1.807, 2.05) is 6.92 Å². The third kappa shape index (κ3) is 1.95.